The molecule has 0 radical (unpaired) electrons. The van der Waals surface area contributed by atoms with Crippen LogP contribution in [0, 0.1) is 17.8 Å². The van der Waals surface area contributed by atoms with Gasteiger partial charge in [-0.3, -0.25) is 0 Å². The van der Waals surface area contributed by atoms with Crippen LogP contribution in [0.1, 0.15) is 20.8 Å². The van der Waals surface area contributed by atoms with Crippen molar-refractivity contribution in [2.24, 2.45) is 17.8 Å². The van der Waals surface area contributed by atoms with Gasteiger partial charge in [0.1, 0.15) is 0 Å². The van der Waals surface area contributed by atoms with Crippen molar-refractivity contribution in [3.05, 3.63) is 24.3 Å². The van der Waals surface area contributed by atoms with E-state index in [-0.39, 0.29) is 0 Å². The molecule has 0 saturated carbocycles. The van der Waals surface area contributed by atoms with E-state index in [0.29, 0.717) is 0 Å². The molecule has 0 nitrogen and oxygen atoms in total. The maximum Gasteiger partial charge on any atom is -0.0147 e. The van der Waals surface area contributed by atoms with E-state index in [4.69, 9.17) is 0 Å². The van der Waals surface area contributed by atoms with Crippen molar-refractivity contribution in [3.8, 4) is 0 Å². The molecule has 1 aliphatic rings. The van der Waals surface area contributed by atoms with Crippen LogP contribution in [0.15, 0.2) is 24.3 Å². The van der Waals surface area contributed by atoms with E-state index in [0.717, 1.165) is 17.8 Å². The summed E-state index contributed by atoms with van der Waals surface area (Å²) >= 11 is 0. The predicted octanol–water partition coefficient (Wildman–Crippen LogP) is 3.02. The fourth-order valence-electron chi connectivity index (χ4n) is 1.56. The van der Waals surface area contributed by atoms with Crippen LogP contribution in [0.3, 0.4) is 0 Å². The number of hydrogen-bond donors (Lipinski definition) is 0. The topological polar surface area (TPSA) is 0 Å². The Labute approximate surface area is 63.6 Å². The van der Waals surface area contributed by atoms with Crippen molar-refractivity contribution >= 4 is 0 Å². The number of hydrogen-bond acceptors (Lipinski definition) is 0. The first-order valence-electron chi connectivity index (χ1n) is 4.07. The highest BCUT2D eigenvalue weighted by molar-refractivity contribution is 5.13. The average molecular weight is 136 g/mol. The second kappa shape index (κ2) is 3.05. The van der Waals surface area contributed by atoms with E-state index in [1.165, 1.54) is 0 Å². The Hall–Kier alpha value is -0.520. The molecule has 0 amide bonds. The highest BCUT2D eigenvalue weighted by Crippen LogP contribution is 2.25. The van der Waals surface area contributed by atoms with Gasteiger partial charge in [0.15, 0.2) is 0 Å². The van der Waals surface area contributed by atoms with Crippen LogP contribution < -0.4 is 0 Å². The maximum absolute atomic E-state index is 2.31. The minimum atomic E-state index is 0.727. The second-order valence-electron chi connectivity index (χ2n) is 3.45. The number of rotatable bonds is 1. The lowest BCUT2D eigenvalue weighted by Crippen LogP contribution is -2.15. The predicted molar refractivity (Wildman–Crippen MR) is 45.8 cm³/mol. The SMILES string of the molecule is CC(C)C1C=CC=C[C@@H]1C. The van der Waals surface area contributed by atoms with Crippen LogP contribution in [0.25, 0.3) is 0 Å². The summed E-state index contributed by atoms with van der Waals surface area (Å²) in [4.78, 5) is 0. The molecule has 0 heterocycles. The lowest BCUT2D eigenvalue weighted by Gasteiger charge is -2.23. The summed E-state index contributed by atoms with van der Waals surface area (Å²) in [6, 6.07) is 0. The van der Waals surface area contributed by atoms with Crippen LogP contribution in [-0.2, 0) is 0 Å². The summed E-state index contributed by atoms with van der Waals surface area (Å²) < 4.78 is 0. The van der Waals surface area contributed by atoms with Gasteiger partial charge in [0.25, 0.3) is 0 Å². The van der Waals surface area contributed by atoms with Crippen LogP contribution in [0.5, 0.6) is 0 Å². The van der Waals surface area contributed by atoms with Crippen molar-refractivity contribution in [1.29, 1.82) is 0 Å². The zero-order chi connectivity index (χ0) is 7.56. The largest absolute Gasteiger partial charge is 0.0811 e. The molecule has 1 unspecified atom stereocenters. The molecule has 0 spiro atoms. The molecule has 56 valence electrons. The Morgan fingerprint density at radius 3 is 2.10 bits per heavy atom. The zero-order valence-corrected chi connectivity index (χ0v) is 7.04. The van der Waals surface area contributed by atoms with Crippen molar-refractivity contribution in [2.75, 3.05) is 0 Å². The molecule has 1 aliphatic carbocycles. The minimum absolute atomic E-state index is 0.727. The Bertz CT molecular complexity index is 151. The normalized spacial score (nSPS) is 31.6. The monoisotopic (exact) mass is 136 g/mol. The third-order valence-electron chi connectivity index (χ3n) is 2.24. The molecular weight excluding hydrogens is 120 g/mol. The fraction of sp³-hybridized carbons (Fsp3) is 0.600. The first-order chi connectivity index (χ1) is 4.72. The van der Waals surface area contributed by atoms with E-state index in [2.05, 4.69) is 45.1 Å². The Morgan fingerprint density at radius 1 is 1.10 bits per heavy atom. The highest BCUT2D eigenvalue weighted by atomic mass is 14.2. The molecule has 2 atom stereocenters. The second-order valence-corrected chi connectivity index (χ2v) is 3.45. The van der Waals surface area contributed by atoms with Gasteiger partial charge in [-0.05, 0) is 17.8 Å². The van der Waals surface area contributed by atoms with Crippen LogP contribution in [-0.4, -0.2) is 0 Å². The summed E-state index contributed by atoms with van der Waals surface area (Å²) in [6.45, 7) is 6.85. The first kappa shape index (κ1) is 7.59. The Balaban J connectivity index is 2.61. The molecule has 0 fully saturated rings. The molecule has 0 N–H and O–H groups in total. The lowest BCUT2D eigenvalue weighted by molar-refractivity contribution is 0.381. The van der Waals surface area contributed by atoms with E-state index >= 15 is 0 Å². The molecular formula is C10H16. The molecule has 0 saturated heterocycles. The van der Waals surface area contributed by atoms with E-state index in [1.54, 1.807) is 0 Å². The van der Waals surface area contributed by atoms with Gasteiger partial charge in [0.05, 0.1) is 0 Å². The van der Waals surface area contributed by atoms with E-state index in [9.17, 15) is 0 Å². The molecule has 0 aliphatic heterocycles. The van der Waals surface area contributed by atoms with E-state index < -0.39 is 0 Å². The zero-order valence-electron chi connectivity index (χ0n) is 7.04. The van der Waals surface area contributed by atoms with Gasteiger partial charge >= 0.3 is 0 Å². The highest BCUT2D eigenvalue weighted by Gasteiger charge is 2.16. The van der Waals surface area contributed by atoms with Gasteiger partial charge in [-0.1, -0.05) is 45.1 Å². The molecule has 0 aromatic carbocycles. The van der Waals surface area contributed by atoms with Crippen molar-refractivity contribution in [3.63, 3.8) is 0 Å². The van der Waals surface area contributed by atoms with Crippen molar-refractivity contribution in [2.45, 2.75) is 20.8 Å². The standard InChI is InChI=1S/C10H16/c1-8(2)10-7-5-4-6-9(10)3/h4-10H,1-3H3/t9-,10?/m0/s1. The minimum Gasteiger partial charge on any atom is -0.0811 e. The lowest BCUT2D eigenvalue weighted by atomic mass is 9.82. The van der Waals surface area contributed by atoms with Gasteiger partial charge in [-0.25, -0.2) is 0 Å². The number of allylic oxidation sites excluding steroid dienone is 4. The van der Waals surface area contributed by atoms with Crippen molar-refractivity contribution < 1.29 is 0 Å². The first-order valence-corrected chi connectivity index (χ1v) is 4.07. The fourth-order valence-corrected chi connectivity index (χ4v) is 1.56. The smallest absolute Gasteiger partial charge is 0.0147 e. The van der Waals surface area contributed by atoms with Crippen LogP contribution in [0.4, 0.5) is 0 Å². The maximum atomic E-state index is 2.31. The molecule has 10 heavy (non-hydrogen) atoms. The summed E-state index contributed by atoms with van der Waals surface area (Å²) in [6.07, 6.45) is 8.90. The molecule has 0 aromatic heterocycles. The summed E-state index contributed by atoms with van der Waals surface area (Å²) in [7, 11) is 0. The third kappa shape index (κ3) is 1.50. The van der Waals surface area contributed by atoms with E-state index in [1.807, 2.05) is 0 Å². The summed E-state index contributed by atoms with van der Waals surface area (Å²) in [5.74, 6) is 2.26. The summed E-state index contributed by atoms with van der Waals surface area (Å²) in [5, 5.41) is 0. The average Bonchev–Trinajstić information content (AvgIpc) is 1.88. The van der Waals surface area contributed by atoms with Crippen LogP contribution in [0.2, 0.25) is 0 Å². The van der Waals surface area contributed by atoms with Crippen molar-refractivity contribution in [1.82, 2.24) is 0 Å². The van der Waals surface area contributed by atoms with Gasteiger partial charge in [-0.2, -0.15) is 0 Å². The van der Waals surface area contributed by atoms with Gasteiger partial charge in [0.2, 0.25) is 0 Å². The third-order valence-corrected chi connectivity index (χ3v) is 2.24. The van der Waals surface area contributed by atoms with Crippen LogP contribution >= 0.6 is 0 Å². The van der Waals surface area contributed by atoms with Gasteiger partial charge in [0, 0.05) is 0 Å². The molecule has 0 bridgehead atoms. The van der Waals surface area contributed by atoms with Gasteiger partial charge < -0.3 is 0 Å². The molecule has 1 rings (SSSR count). The van der Waals surface area contributed by atoms with Gasteiger partial charge in [-0.15, -0.1) is 0 Å². The summed E-state index contributed by atoms with van der Waals surface area (Å²) in [5.41, 5.74) is 0. The Kier molecular flexibility index (Phi) is 2.31. The Morgan fingerprint density at radius 2 is 1.70 bits per heavy atom. The quantitative estimate of drug-likeness (QED) is 0.520. The molecule has 0 heteroatoms. The molecule has 0 aromatic rings.